The molecular formula is C20H24BrFIN5. The predicted molar refractivity (Wildman–Crippen MR) is 127 cm³/mol. The lowest BCUT2D eigenvalue weighted by Crippen LogP contribution is -2.37. The number of halogens is 3. The van der Waals surface area contributed by atoms with Crippen molar-refractivity contribution in [2.24, 2.45) is 12.0 Å². The molecule has 2 N–H and O–H groups in total. The number of aromatic nitrogens is 2. The molecule has 0 aliphatic rings. The molecule has 0 aliphatic carbocycles. The number of nitrogens with one attached hydrogen (secondary N) is 2. The van der Waals surface area contributed by atoms with E-state index in [0.29, 0.717) is 25.5 Å². The molecule has 3 rings (SSSR count). The Labute approximate surface area is 190 Å². The summed E-state index contributed by atoms with van der Waals surface area (Å²) in [4.78, 5) is 8.88. The fourth-order valence-electron chi connectivity index (χ4n) is 2.95. The zero-order valence-corrected chi connectivity index (χ0v) is 19.8. The van der Waals surface area contributed by atoms with Crippen LogP contribution in [0, 0.1) is 5.82 Å². The topological polar surface area (TPSA) is 54.2 Å². The highest BCUT2D eigenvalue weighted by Gasteiger charge is 2.08. The van der Waals surface area contributed by atoms with E-state index in [9.17, 15) is 4.39 Å². The molecule has 0 saturated heterocycles. The standard InChI is InChI=1S/C20H23BrFN5.HI/c1-23-20(24-11-5-6-14-9-10-15(21)12-16(14)22)25-13-19-26-17-7-3-4-8-18(17)27(19)2;/h3-4,7-10,12H,5-6,11,13H2,1-2H3,(H2,23,24,25);1H. The van der Waals surface area contributed by atoms with Crippen molar-refractivity contribution in [3.05, 3.63) is 64.1 Å². The van der Waals surface area contributed by atoms with E-state index in [1.807, 2.05) is 37.4 Å². The number of guanidine groups is 1. The van der Waals surface area contributed by atoms with Gasteiger partial charge in [-0.1, -0.05) is 34.1 Å². The zero-order chi connectivity index (χ0) is 19.2. The van der Waals surface area contributed by atoms with E-state index < -0.39 is 0 Å². The van der Waals surface area contributed by atoms with E-state index >= 15 is 0 Å². The Kier molecular flexibility index (Phi) is 8.68. The van der Waals surface area contributed by atoms with Crippen LogP contribution < -0.4 is 10.6 Å². The van der Waals surface area contributed by atoms with E-state index in [2.05, 4.69) is 47.2 Å². The van der Waals surface area contributed by atoms with Crippen molar-refractivity contribution in [1.82, 2.24) is 20.2 Å². The predicted octanol–water partition coefficient (Wildman–Crippen LogP) is 4.39. The first kappa shape index (κ1) is 22.6. The summed E-state index contributed by atoms with van der Waals surface area (Å²) in [5, 5.41) is 6.54. The second kappa shape index (κ2) is 10.8. The van der Waals surface area contributed by atoms with Gasteiger partial charge in [0.25, 0.3) is 0 Å². The number of hydrogen-bond acceptors (Lipinski definition) is 2. The molecule has 150 valence electrons. The molecule has 0 atom stereocenters. The number of nitrogens with zero attached hydrogens (tertiary/aromatic N) is 3. The summed E-state index contributed by atoms with van der Waals surface area (Å²) in [6, 6.07) is 13.2. The lowest BCUT2D eigenvalue weighted by atomic mass is 10.1. The van der Waals surface area contributed by atoms with E-state index in [1.165, 1.54) is 6.07 Å². The van der Waals surface area contributed by atoms with Crippen LogP contribution in [0.2, 0.25) is 0 Å². The molecule has 0 unspecified atom stereocenters. The van der Waals surface area contributed by atoms with Gasteiger partial charge in [0.15, 0.2) is 5.96 Å². The third-order valence-corrected chi connectivity index (χ3v) is 4.94. The van der Waals surface area contributed by atoms with Gasteiger partial charge in [-0.05, 0) is 42.7 Å². The minimum absolute atomic E-state index is 0. The molecule has 1 heterocycles. The molecule has 0 radical (unpaired) electrons. The second-order valence-electron chi connectivity index (χ2n) is 6.27. The maximum Gasteiger partial charge on any atom is 0.191 e. The number of hydrogen-bond donors (Lipinski definition) is 2. The summed E-state index contributed by atoms with van der Waals surface area (Å²) in [7, 11) is 3.74. The van der Waals surface area contributed by atoms with Crippen LogP contribution in [0.4, 0.5) is 4.39 Å². The number of aliphatic imine (C=N–C) groups is 1. The third kappa shape index (κ3) is 5.66. The van der Waals surface area contributed by atoms with E-state index in [-0.39, 0.29) is 29.8 Å². The maximum atomic E-state index is 13.8. The number of rotatable bonds is 6. The van der Waals surface area contributed by atoms with Crippen molar-refractivity contribution in [3.63, 3.8) is 0 Å². The van der Waals surface area contributed by atoms with Crippen molar-refractivity contribution in [2.45, 2.75) is 19.4 Å². The van der Waals surface area contributed by atoms with Gasteiger partial charge in [0.05, 0.1) is 17.6 Å². The lowest BCUT2D eigenvalue weighted by Gasteiger charge is -2.12. The average molecular weight is 560 g/mol. The highest BCUT2D eigenvalue weighted by Crippen LogP contribution is 2.16. The monoisotopic (exact) mass is 559 g/mol. The molecule has 1 aromatic heterocycles. The van der Waals surface area contributed by atoms with Gasteiger partial charge >= 0.3 is 0 Å². The fraction of sp³-hybridized carbons (Fsp3) is 0.300. The van der Waals surface area contributed by atoms with Gasteiger partial charge in [0.2, 0.25) is 0 Å². The largest absolute Gasteiger partial charge is 0.356 e. The Balaban J connectivity index is 0.00000280. The SMILES string of the molecule is CN=C(NCCCc1ccc(Br)cc1F)NCc1nc2ccccc2n1C.I. The number of benzene rings is 2. The zero-order valence-electron chi connectivity index (χ0n) is 15.9. The summed E-state index contributed by atoms with van der Waals surface area (Å²) in [5.74, 6) is 1.48. The molecule has 2 aromatic carbocycles. The molecule has 0 bridgehead atoms. The van der Waals surface area contributed by atoms with E-state index in [4.69, 9.17) is 0 Å². The highest BCUT2D eigenvalue weighted by atomic mass is 127. The maximum absolute atomic E-state index is 13.8. The summed E-state index contributed by atoms with van der Waals surface area (Å²) in [6.45, 7) is 1.28. The van der Waals surface area contributed by atoms with Gasteiger partial charge in [-0.25, -0.2) is 9.37 Å². The van der Waals surface area contributed by atoms with Crippen molar-refractivity contribution in [3.8, 4) is 0 Å². The molecule has 5 nitrogen and oxygen atoms in total. The molecule has 0 saturated carbocycles. The highest BCUT2D eigenvalue weighted by molar-refractivity contribution is 14.0. The summed E-state index contributed by atoms with van der Waals surface area (Å²) in [6.07, 6.45) is 1.49. The van der Waals surface area contributed by atoms with Crippen molar-refractivity contribution < 1.29 is 4.39 Å². The Bertz CT molecular complexity index is 957. The molecule has 8 heteroatoms. The smallest absolute Gasteiger partial charge is 0.191 e. The molecule has 0 fully saturated rings. The van der Waals surface area contributed by atoms with E-state index in [1.54, 1.807) is 7.05 Å². The Morgan fingerprint density at radius 2 is 2.00 bits per heavy atom. The first-order chi connectivity index (χ1) is 13.1. The van der Waals surface area contributed by atoms with E-state index in [0.717, 1.165) is 33.3 Å². The molecule has 28 heavy (non-hydrogen) atoms. The number of para-hydroxylation sites is 2. The van der Waals surface area contributed by atoms with Crippen LogP contribution in [-0.4, -0.2) is 29.1 Å². The van der Waals surface area contributed by atoms with Gasteiger partial charge in [0.1, 0.15) is 11.6 Å². The molecule has 0 spiro atoms. The van der Waals surface area contributed by atoms with Crippen molar-refractivity contribution >= 4 is 56.9 Å². The normalized spacial score (nSPS) is 11.4. The lowest BCUT2D eigenvalue weighted by molar-refractivity contribution is 0.601. The first-order valence-electron chi connectivity index (χ1n) is 8.87. The van der Waals surface area contributed by atoms with Crippen LogP contribution in [0.15, 0.2) is 51.9 Å². The van der Waals surface area contributed by atoms with Crippen LogP contribution in [0.1, 0.15) is 17.8 Å². The molecule has 0 amide bonds. The summed E-state index contributed by atoms with van der Waals surface area (Å²) >= 11 is 3.28. The van der Waals surface area contributed by atoms with Crippen LogP contribution >= 0.6 is 39.9 Å². The van der Waals surface area contributed by atoms with Crippen molar-refractivity contribution in [1.29, 1.82) is 0 Å². The number of fused-ring (bicyclic) bond motifs is 1. The van der Waals surface area contributed by atoms with Gasteiger partial charge in [-0.3, -0.25) is 4.99 Å². The van der Waals surface area contributed by atoms with Gasteiger partial charge < -0.3 is 15.2 Å². The quantitative estimate of drug-likeness (QED) is 0.204. The summed E-state index contributed by atoms with van der Waals surface area (Å²) in [5.41, 5.74) is 2.81. The minimum atomic E-state index is -0.172. The fourth-order valence-corrected chi connectivity index (χ4v) is 3.28. The molecule has 0 aliphatic heterocycles. The van der Waals surface area contributed by atoms with Crippen LogP contribution in [-0.2, 0) is 20.0 Å². The number of aryl methyl sites for hydroxylation is 2. The second-order valence-corrected chi connectivity index (χ2v) is 7.18. The van der Waals surface area contributed by atoms with Crippen LogP contribution in [0.5, 0.6) is 0 Å². The first-order valence-corrected chi connectivity index (χ1v) is 9.66. The number of imidazole rings is 1. The van der Waals surface area contributed by atoms with Crippen molar-refractivity contribution in [2.75, 3.05) is 13.6 Å². The average Bonchev–Trinajstić information content (AvgIpc) is 2.99. The third-order valence-electron chi connectivity index (χ3n) is 4.45. The Morgan fingerprint density at radius 3 is 2.71 bits per heavy atom. The summed E-state index contributed by atoms with van der Waals surface area (Å²) < 4.78 is 16.7. The van der Waals surface area contributed by atoms with Gasteiger partial charge in [-0.2, -0.15) is 0 Å². The molecule has 3 aromatic rings. The minimum Gasteiger partial charge on any atom is -0.356 e. The Morgan fingerprint density at radius 1 is 1.21 bits per heavy atom. The molecular weight excluding hydrogens is 536 g/mol. The van der Waals surface area contributed by atoms with Crippen LogP contribution in [0.3, 0.4) is 0 Å². The van der Waals surface area contributed by atoms with Gasteiger partial charge in [0, 0.05) is 25.1 Å². The van der Waals surface area contributed by atoms with Crippen LogP contribution in [0.25, 0.3) is 11.0 Å². The Hall–Kier alpha value is -1.68. The van der Waals surface area contributed by atoms with Gasteiger partial charge in [-0.15, -0.1) is 24.0 Å².